The molecule has 0 saturated carbocycles. The third-order valence-electron chi connectivity index (χ3n) is 4.45. The van der Waals surface area contributed by atoms with Crippen molar-refractivity contribution in [2.24, 2.45) is 0 Å². The van der Waals surface area contributed by atoms with Gasteiger partial charge >= 0.3 is 0 Å². The molecule has 2 aromatic carbocycles. The first-order chi connectivity index (χ1) is 8.74. The lowest BCUT2D eigenvalue weighted by molar-refractivity contribution is 0.183. The minimum absolute atomic E-state index is 0.704. The average Bonchev–Trinajstić information content (AvgIpc) is 2.41. The summed E-state index contributed by atoms with van der Waals surface area (Å²) in [7, 11) is 2.24. The van der Waals surface area contributed by atoms with Crippen LogP contribution in [0.5, 0.6) is 0 Å². The van der Waals surface area contributed by atoms with Crippen LogP contribution in [0, 0.1) is 0 Å². The molecule has 0 spiro atoms. The molecule has 0 radical (unpaired) electrons. The number of hydrogen-bond donors (Lipinski definition) is 0. The minimum Gasteiger partial charge on any atom is -0.304 e. The lowest BCUT2D eigenvalue weighted by Gasteiger charge is -2.35. The second-order valence-corrected chi connectivity index (χ2v) is 5.66. The molecule has 0 N–H and O–H groups in total. The Morgan fingerprint density at radius 2 is 1.83 bits per heavy atom. The van der Waals surface area contributed by atoms with Crippen molar-refractivity contribution in [3.05, 3.63) is 48.0 Å². The molecule has 0 aromatic heterocycles. The SMILES string of the molecule is CC1CC(c2ccc3ccccc3c2)CCN1C. The molecule has 1 nitrogen and oxygen atoms in total. The fourth-order valence-corrected chi connectivity index (χ4v) is 3.05. The van der Waals surface area contributed by atoms with E-state index in [4.69, 9.17) is 0 Å². The highest BCUT2D eigenvalue weighted by Gasteiger charge is 2.23. The number of rotatable bonds is 1. The topological polar surface area (TPSA) is 3.24 Å². The maximum atomic E-state index is 2.47. The van der Waals surface area contributed by atoms with E-state index in [0.717, 1.165) is 5.92 Å². The van der Waals surface area contributed by atoms with Crippen molar-refractivity contribution in [3.8, 4) is 0 Å². The lowest BCUT2D eigenvalue weighted by atomic mass is 9.85. The van der Waals surface area contributed by atoms with Crippen molar-refractivity contribution < 1.29 is 0 Å². The van der Waals surface area contributed by atoms with Gasteiger partial charge < -0.3 is 4.90 Å². The first-order valence-corrected chi connectivity index (χ1v) is 6.93. The van der Waals surface area contributed by atoms with E-state index in [0.29, 0.717) is 6.04 Å². The van der Waals surface area contributed by atoms with Crippen molar-refractivity contribution in [2.75, 3.05) is 13.6 Å². The molecule has 2 unspecified atom stereocenters. The smallest absolute Gasteiger partial charge is 0.00697 e. The van der Waals surface area contributed by atoms with E-state index in [1.54, 1.807) is 0 Å². The van der Waals surface area contributed by atoms with Gasteiger partial charge in [-0.2, -0.15) is 0 Å². The Balaban J connectivity index is 1.90. The first kappa shape index (κ1) is 11.7. The fourth-order valence-electron chi connectivity index (χ4n) is 3.05. The molecular weight excluding hydrogens is 218 g/mol. The third-order valence-corrected chi connectivity index (χ3v) is 4.45. The molecular formula is C17H21N. The van der Waals surface area contributed by atoms with E-state index in [-0.39, 0.29) is 0 Å². The van der Waals surface area contributed by atoms with Gasteiger partial charge in [0.15, 0.2) is 0 Å². The number of nitrogens with zero attached hydrogens (tertiary/aromatic N) is 1. The van der Waals surface area contributed by atoms with E-state index >= 15 is 0 Å². The van der Waals surface area contributed by atoms with Crippen LogP contribution in [0.1, 0.15) is 31.2 Å². The average molecular weight is 239 g/mol. The van der Waals surface area contributed by atoms with Crippen molar-refractivity contribution in [1.29, 1.82) is 0 Å². The van der Waals surface area contributed by atoms with Gasteiger partial charge in [0.2, 0.25) is 0 Å². The maximum Gasteiger partial charge on any atom is 0.00697 e. The standard InChI is InChI=1S/C17H21N/c1-13-11-17(9-10-18(13)2)16-8-7-14-5-3-4-6-15(14)12-16/h3-8,12-13,17H,9-11H2,1-2H3. The Morgan fingerprint density at radius 1 is 1.06 bits per heavy atom. The lowest BCUT2D eigenvalue weighted by Crippen LogP contribution is -2.36. The van der Waals surface area contributed by atoms with Gasteiger partial charge in [-0.15, -0.1) is 0 Å². The summed E-state index contributed by atoms with van der Waals surface area (Å²) in [5, 5.41) is 2.73. The fraction of sp³-hybridized carbons (Fsp3) is 0.412. The second kappa shape index (κ2) is 4.74. The summed E-state index contributed by atoms with van der Waals surface area (Å²) >= 11 is 0. The molecule has 1 fully saturated rings. The molecule has 1 aliphatic heterocycles. The van der Waals surface area contributed by atoms with Gasteiger partial charge in [0.25, 0.3) is 0 Å². The highest BCUT2D eigenvalue weighted by atomic mass is 15.1. The highest BCUT2D eigenvalue weighted by Crippen LogP contribution is 2.32. The van der Waals surface area contributed by atoms with Gasteiger partial charge in [0.05, 0.1) is 0 Å². The Morgan fingerprint density at radius 3 is 2.61 bits per heavy atom. The molecule has 0 aliphatic carbocycles. The van der Waals surface area contributed by atoms with Crippen LogP contribution < -0.4 is 0 Å². The van der Waals surface area contributed by atoms with Gasteiger partial charge in [0, 0.05) is 6.04 Å². The molecule has 1 saturated heterocycles. The minimum atomic E-state index is 0.704. The van der Waals surface area contributed by atoms with E-state index < -0.39 is 0 Å². The Bertz CT molecular complexity index is 546. The van der Waals surface area contributed by atoms with Crippen LogP contribution in [0.15, 0.2) is 42.5 Å². The van der Waals surface area contributed by atoms with Crippen molar-refractivity contribution >= 4 is 10.8 Å². The van der Waals surface area contributed by atoms with Crippen molar-refractivity contribution in [1.82, 2.24) is 4.90 Å². The van der Waals surface area contributed by atoms with Gasteiger partial charge in [-0.25, -0.2) is 0 Å². The monoisotopic (exact) mass is 239 g/mol. The first-order valence-electron chi connectivity index (χ1n) is 6.93. The number of piperidine rings is 1. The number of likely N-dealkylation sites (tertiary alicyclic amines) is 1. The molecule has 18 heavy (non-hydrogen) atoms. The van der Waals surface area contributed by atoms with Crippen LogP contribution in [-0.2, 0) is 0 Å². The number of benzene rings is 2. The number of fused-ring (bicyclic) bond motifs is 1. The zero-order valence-electron chi connectivity index (χ0n) is 11.3. The van der Waals surface area contributed by atoms with E-state index in [9.17, 15) is 0 Å². The Labute approximate surface area is 109 Å². The summed E-state index contributed by atoms with van der Waals surface area (Å²) in [5.74, 6) is 0.737. The summed E-state index contributed by atoms with van der Waals surface area (Å²) in [6.07, 6.45) is 2.58. The van der Waals surface area contributed by atoms with Crippen LogP contribution in [0.2, 0.25) is 0 Å². The zero-order valence-corrected chi connectivity index (χ0v) is 11.3. The van der Waals surface area contributed by atoms with Crippen LogP contribution in [0.4, 0.5) is 0 Å². The summed E-state index contributed by atoms with van der Waals surface area (Å²) in [6, 6.07) is 16.3. The molecule has 0 bridgehead atoms. The second-order valence-electron chi connectivity index (χ2n) is 5.66. The third kappa shape index (κ3) is 2.15. The normalized spacial score (nSPS) is 25.4. The van der Waals surface area contributed by atoms with Gasteiger partial charge in [0.1, 0.15) is 0 Å². The molecule has 2 aromatic rings. The number of hydrogen-bond acceptors (Lipinski definition) is 1. The molecule has 2 atom stereocenters. The van der Waals surface area contributed by atoms with E-state index in [1.807, 2.05) is 0 Å². The maximum absolute atomic E-state index is 2.47. The van der Waals surface area contributed by atoms with Crippen LogP contribution >= 0.6 is 0 Å². The summed E-state index contributed by atoms with van der Waals surface area (Å²) < 4.78 is 0. The van der Waals surface area contributed by atoms with Gasteiger partial charge in [-0.3, -0.25) is 0 Å². The highest BCUT2D eigenvalue weighted by molar-refractivity contribution is 5.83. The summed E-state index contributed by atoms with van der Waals surface area (Å²) in [5.41, 5.74) is 1.52. The Kier molecular flexibility index (Phi) is 3.09. The van der Waals surface area contributed by atoms with E-state index in [2.05, 4.69) is 61.3 Å². The predicted molar refractivity (Wildman–Crippen MR) is 78.0 cm³/mol. The van der Waals surface area contributed by atoms with Gasteiger partial charge in [-0.1, -0.05) is 42.5 Å². The van der Waals surface area contributed by atoms with Crippen molar-refractivity contribution in [3.63, 3.8) is 0 Å². The predicted octanol–water partition coefficient (Wildman–Crippen LogP) is 4.04. The zero-order chi connectivity index (χ0) is 12.5. The van der Waals surface area contributed by atoms with Crippen LogP contribution in [-0.4, -0.2) is 24.5 Å². The van der Waals surface area contributed by atoms with E-state index in [1.165, 1.54) is 35.7 Å². The molecule has 94 valence electrons. The largest absolute Gasteiger partial charge is 0.304 e. The van der Waals surface area contributed by atoms with Gasteiger partial charge in [-0.05, 0) is 55.6 Å². The molecule has 0 amide bonds. The molecule has 1 heteroatoms. The molecule has 1 heterocycles. The van der Waals surface area contributed by atoms with Crippen LogP contribution in [0.25, 0.3) is 10.8 Å². The van der Waals surface area contributed by atoms with Crippen LogP contribution in [0.3, 0.4) is 0 Å². The summed E-state index contributed by atoms with van der Waals surface area (Å²) in [4.78, 5) is 2.47. The Hall–Kier alpha value is -1.34. The molecule has 3 rings (SSSR count). The summed E-state index contributed by atoms with van der Waals surface area (Å²) in [6.45, 7) is 3.56. The quantitative estimate of drug-likeness (QED) is 0.726. The molecule has 1 aliphatic rings. The van der Waals surface area contributed by atoms with Crippen molar-refractivity contribution in [2.45, 2.75) is 31.7 Å².